The molecule has 3 heterocycles. The largest absolute Gasteiger partial charge is 0.493 e. The molecule has 0 saturated carbocycles. The number of carbonyl (C=O) groups excluding carboxylic acids is 1. The van der Waals surface area contributed by atoms with E-state index in [0.717, 1.165) is 22.7 Å². The van der Waals surface area contributed by atoms with Gasteiger partial charge in [-0.15, -0.1) is 16.4 Å². The van der Waals surface area contributed by atoms with Crippen molar-refractivity contribution in [2.75, 3.05) is 13.2 Å². The molecule has 0 fully saturated rings. The van der Waals surface area contributed by atoms with Crippen LogP contribution in [0.5, 0.6) is 5.75 Å². The van der Waals surface area contributed by atoms with Gasteiger partial charge in [-0.05, 0) is 41.6 Å². The zero-order chi connectivity index (χ0) is 20.3. The molecule has 0 spiro atoms. The van der Waals surface area contributed by atoms with Gasteiger partial charge in [0.2, 0.25) is 5.82 Å². The lowest BCUT2D eigenvalue weighted by molar-refractivity contribution is 0.0928. The van der Waals surface area contributed by atoms with Gasteiger partial charge >= 0.3 is 0 Å². The summed E-state index contributed by atoms with van der Waals surface area (Å²) in [5.74, 6) is 1.71. The minimum Gasteiger partial charge on any atom is -0.493 e. The average Bonchev–Trinajstić information content (AvgIpc) is 3.48. The van der Waals surface area contributed by atoms with Crippen LogP contribution in [-0.2, 0) is 6.42 Å². The number of rotatable bonds is 5. The Morgan fingerprint density at radius 3 is 2.77 bits per heavy atom. The SMILES string of the molecule is O=C(NCC1COc2ccccc2C1)c1nc(-c2cccs2)n(-c2ccccc2)n1. The fraction of sp³-hybridized carbons (Fsp3) is 0.174. The van der Waals surface area contributed by atoms with Crippen molar-refractivity contribution < 1.29 is 9.53 Å². The zero-order valence-corrected chi connectivity index (χ0v) is 17.0. The number of ether oxygens (including phenoxy) is 1. The van der Waals surface area contributed by atoms with E-state index in [2.05, 4.69) is 21.5 Å². The Kier molecular flexibility index (Phi) is 5.03. The summed E-state index contributed by atoms with van der Waals surface area (Å²) in [7, 11) is 0. The number of thiophene rings is 1. The van der Waals surface area contributed by atoms with Crippen molar-refractivity contribution in [1.82, 2.24) is 20.1 Å². The highest BCUT2D eigenvalue weighted by atomic mass is 32.1. The first kappa shape index (κ1) is 18.6. The Morgan fingerprint density at radius 1 is 1.10 bits per heavy atom. The molecule has 1 atom stereocenters. The average molecular weight is 417 g/mol. The van der Waals surface area contributed by atoms with Crippen LogP contribution < -0.4 is 10.1 Å². The van der Waals surface area contributed by atoms with Crippen molar-refractivity contribution in [1.29, 1.82) is 0 Å². The summed E-state index contributed by atoms with van der Waals surface area (Å²) in [5, 5.41) is 9.47. The molecule has 0 saturated heterocycles. The molecule has 1 aliphatic heterocycles. The van der Waals surface area contributed by atoms with Crippen LogP contribution in [0.3, 0.4) is 0 Å². The fourth-order valence-corrected chi connectivity index (χ4v) is 4.26. The summed E-state index contributed by atoms with van der Waals surface area (Å²) >= 11 is 1.57. The number of nitrogens with one attached hydrogen (secondary N) is 1. The van der Waals surface area contributed by atoms with Crippen molar-refractivity contribution in [2.24, 2.45) is 5.92 Å². The van der Waals surface area contributed by atoms with Crippen molar-refractivity contribution >= 4 is 17.2 Å². The summed E-state index contributed by atoms with van der Waals surface area (Å²) < 4.78 is 7.54. The van der Waals surface area contributed by atoms with Gasteiger partial charge in [-0.25, -0.2) is 9.67 Å². The predicted octanol–water partition coefficient (Wildman–Crippen LogP) is 3.98. The van der Waals surface area contributed by atoms with Crippen molar-refractivity contribution in [3.8, 4) is 22.1 Å². The lowest BCUT2D eigenvalue weighted by atomic mass is 9.97. The van der Waals surface area contributed by atoms with Gasteiger partial charge in [-0.3, -0.25) is 4.79 Å². The van der Waals surface area contributed by atoms with Crippen LogP contribution in [0.15, 0.2) is 72.1 Å². The molecule has 1 unspecified atom stereocenters. The second-order valence-electron chi connectivity index (χ2n) is 7.18. The van der Waals surface area contributed by atoms with Gasteiger partial charge in [-0.1, -0.05) is 42.5 Å². The Balaban J connectivity index is 1.34. The van der Waals surface area contributed by atoms with Gasteiger partial charge in [0.1, 0.15) is 5.75 Å². The van der Waals surface area contributed by atoms with Crippen molar-refractivity contribution in [3.63, 3.8) is 0 Å². The molecule has 0 bridgehead atoms. The molecule has 4 aromatic rings. The maximum atomic E-state index is 12.8. The van der Waals surface area contributed by atoms with E-state index >= 15 is 0 Å². The Labute approximate surface area is 178 Å². The number of para-hydroxylation sites is 2. The van der Waals surface area contributed by atoms with E-state index in [9.17, 15) is 4.79 Å². The number of benzene rings is 2. The van der Waals surface area contributed by atoms with E-state index < -0.39 is 0 Å². The molecule has 5 rings (SSSR count). The van der Waals surface area contributed by atoms with Gasteiger partial charge in [-0.2, -0.15) is 0 Å². The number of hydrogen-bond donors (Lipinski definition) is 1. The second-order valence-corrected chi connectivity index (χ2v) is 8.13. The molecule has 0 aliphatic carbocycles. The van der Waals surface area contributed by atoms with E-state index in [1.54, 1.807) is 16.0 Å². The van der Waals surface area contributed by atoms with Gasteiger partial charge in [0.05, 0.1) is 17.2 Å². The first-order valence-corrected chi connectivity index (χ1v) is 10.7. The van der Waals surface area contributed by atoms with Crippen LogP contribution in [0.25, 0.3) is 16.4 Å². The summed E-state index contributed by atoms with van der Waals surface area (Å²) in [4.78, 5) is 18.3. The molecule has 2 aromatic heterocycles. The van der Waals surface area contributed by atoms with Crippen LogP contribution in [0.4, 0.5) is 0 Å². The lowest BCUT2D eigenvalue weighted by Gasteiger charge is -2.25. The smallest absolute Gasteiger partial charge is 0.291 e. The topological polar surface area (TPSA) is 69.0 Å². The maximum absolute atomic E-state index is 12.8. The molecule has 6 nitrogen and oxygen atoms in total. The number of amides is 1. The molecule has 150 valence electrons. The summed E-state index contributed by atoms with van der Waals surface area (Å²) in [6.45, 7) is 1.10. The van der Waals surface area contributed by atoms with E-state index in [-0.39, 0.29) is 17.6 Å². The fourth-order valence-electron chi connectivity index (χ4n) is 3.56. The quantitative estimate of drug-likeness (QED) is 0.534. The third-order valence-electron chi connectivity index (χ3n) is 5.06. The van der Waals surface area contributed by atoms with Crippen LogP contribution >= 0.6 is 11.3 Å². The van der Waals surface area contributed by atoms with E-state index in [1.807, 2.05) is 66.0 Å². The normalized spacial score (nSPS) is 15.3. The van der Waals surface area contributed by atoms with Gasteiger partial charge in [0.15, 0.2) is 5.82 Å². The Morgan fingerprint density at radius 2 is 1.93 bits per heavy atom. The minimum atomic E-state index is -0.277. The standard InChI is InChI=1S/C23H20N4O2S/c28-23(24-14-16-13-17-7-4-5-10-19(17)29-15-16)21-25-22(20-11-6-12-30-20)27(26-21)18-8-2-1-3-9-18/h1-12,16H,13-15H2,(H,24,28). The highest BCUT2D eigenvalue weighted by molar-refractivity contribution is 7.13. The Hall–Kier alpha value is -3.45. The van der Waals surface area contributed by atoms with Crippen LogP contribution in [-0.4, -0.2) is 33.8 Å². The van der Waals surface area contributed by atoms with E-state index in [0.29, 0.717) is 19.0 Å². The monoisotopic (exact) mass is 416 g/mol. The molecule has 7 heteroatoms. The molecule has 1 N–H and O–H groups in total. The van der Waals surface area contributed by atoms with Crippen molar-refractivity contribution in [2.45, 2.75) is 6.42 Å². The summed E-state index contributed by atoms with van der Waals surface area (Å²) in [5.41, 5.74) is 2.04. The third kappa shape index (κ3) is 3.71. The number of carbonyl (C=O) groups is 1. The highest BCUT2D eigenvalue weighted by Crippen LogP contribution is 2.27. The number of aromatic nitrogens is 3. The highest BCUT2D eigenvalue weighted by Gasteiger charge is 2.23. The minimum absolute atomic E-state index is 0.166. The molecule has 0 radical (unpaired) electrons. The zero-order valence-electron chi connectivity index (χ0n) is 16.2. The first-order chi connectivity index (χ1) is 14.8. The van der Waals surface area contributed by atoms with Crippen LogP contribution in [0.2, 0.25) is 0 Å². The lowest BCUT2D eigenvalue weighted by Crippen LogP contribution is -2.35. The number of hydrogen-bond acceptors (Lipinski definition) is 5. The molecule has 1 amide bonds. The van der Waals surface area contributed by atoms with Gasteiger partial charge < -0.3 is 10.1 Å². The van der Waals surface area contributed by atoms with Crippen molar-refractivity contribution in [3.05, 3.63) is 83.5 Å². The molecule has 2 aromatic carbocycles. The number of fused-ring (bicyclic) bond motifs is 1. The predicted molar refractivity (Wildman–Crippen MR) is 116 cm³/mol. The second kappa shape index (κ2) is 8.12. The molecule has 1 aliphatic rings. The summed E-state index contributed by atoms with van der Waals surface area (Å²) in [6, 6.07) is 21.7. The molecule has 30 heavy (non-hydrogen) atoms. The Bertz CT molecular complexity index is 1160. The summed E-state index contributed by atoms with van der Waals surface area (Å²) in [6.07, 6.45) is 0.878. The van der Waals surface area contributed by atoms with Gasteiger partial charge in [0.25, 0.3) is 5.91 Å². The van der Waals surface area contributed by atoms with Gasteiger partial charge in [0, 0.05) is 12.5 Å². The maximum Gasteiger partial charge on any atom is 0.291 e. The van der Waals surface area contributed by atoms with E-state index in [4.69, 9.17) is 4.74 Å². The number of nitrogens with zero attached hydrogens (tertiary/aromatic N) is 3. The third-order valence-corrected chi connectivity index (χ3v) is 5.93. The van der Waals surface area contributed by atoms with E-state index in [1.165, 1.54) is 5.56 Å². The molecular weight excluding hydrogens is 396 g/mol. The van der Waals surface area contributed by atoms with Crippen LogP contribution in [0.1, 0.15) is 16.2 Å². The first-order valence-electron chi connectivity index (χ1n) is 9.83. The molecular formula is C23H20N4O2S. The van der Waals surface area contributed by atoms with Crippen LogP contribution in [0, 0.1) is 5.92 Å².